The van der Waals surface area contributed by atoms with Crippen LogP contribution in [0.5, 0.6) is 5.75 Å². The molecule has 1 aliphatic heterocycles. The lowest BCUT2D eigenvalue weighted by atomic mass is 9.81. The molecule has 0 amide bonds. The first-order valence-corrected chi connectivity index (χ1v) is 16.9. The molecule has 5 atom stereocenters. The quantitative estimate of drug-likeness (QED) is 0.417. The predicted octanol–water partition coefficient (Wildman–Crippen LogP) is 8.13. The Morgan fingerprint density at radius 1 is 0.919 bits per heavy atom. The molecule has 0 spiro atoms. The van der Waals surface area contributed by atoms with Crippen LogP contribution in [0.4, 0.5) is 5.69 Å². The zero-order chi connectivity index (χ0) is 27.0. The molecule has 0 aromatic heterocycles. The fraction of sp³-hybridized carbons (Fsp3) is 0.529. The van der Waals surface area contributed by atoms with Gasteiger partial charge in [0.15, 0.2) is 0 Å². The van der Waals surface area contributed by atoms with Gasteiger partial charge in [-0.05, 0) is 66.9 Å². The van der Waals surface area contributed by atoms with Gasteiger partial charge in [0, 0.05) is 30.6 Å². The van der Waals surface area contributed by atoms with Crippen LogP contribution in [0.25, 0.3) is 0 Å². The monoisotopic (exact) mass is 513 g/mol. The fourth-order valence-corrected chi connectivity index (χ4v) is 14.6. The molecular weight excluding hydrogens is 466 g/mol. The first kappa shape index (κ1) is 26.3. The first-order valence-electron chi connectivity index (χ1n) is 14.4. The average molecular weight is 514 g/mol. The molecule has 1 saturated carbocycles. The summed E-state index contributed by atoms with van der Waals surface area (Å²) >= 11 is 0. The van der Waals surface area contributed by atoms with Crippen LogP contribution in [0, 0.1) is 25.7 Å². The summed E-state index contributed by atoms with van der Waals surface area (Å²) in [4.78, 5) is 2.61. The van der Waals surface area contributed by atoms with E-state index in [0.29, 0.717) is 35.1 Å². The van der Waals surface area contributed by atoms with E-state index in [-0.39, 0.29) is 5.41 Å². The Kier molecular flexibility index (Phi) is 6.34. The summed E-state index contributed by atoms with van der Waals surface area (Å²) in [5, 5.41) is 13.4. The second kappa shape index (κ2) is 8.90. The number of phenols is 1. The van der Waals surface area contributed by atoms with Crippen molar-refractivity contribution in [2.75, 3.05) is 11.9 Å². The molecular formula is C34H47NOSi. The van der Waals surface area contributed by atoms with Crippen molar-refractivity contribution in [3.05, 3.63) is 75.9 Å². The number of likely N-dealkylation sites (N-methyl/N-ethyl adjacent to an activating group) is 1. The fourth-order valence-electron chi connectivity index (χ4n) is 8.72. The lowest BCUT2D eigenvalue weighted by Crippen LogP contribution is -2.54. The topological polar surface area (TPSA) is 23.5 Å². The van der Waals surface area contributed by atoms with Gasteiger partial charge in [-0.25, -0.2) is 0 Å². The minimum Gasteiger partial charge on any atom is -0.508 e. The SMILES string of the molecule is CC[Si](CC)(c1cc(C)cc(C(C)(C)C)c1O)C1C2C(C)=CC(C)=CC2C2C1c1cc(C)ccc1N2C. The summed E-state index contributed by atoms with van der Waals surface area (Å²) in [5.74, 6) is 2.12. The smallest absolute Gasteiger partial charge is 0.118 e. The van der Waals surface area contributed by atoms with Gasteiger partial charge in [-0.1, -0.05) is 105 Å². The van der Waals surface area contributed by atoms with Crippen LogP contribution in [-0.2, 0) is 5.41 Å². The normalized spacial score (nSPS) is 27.0. The number of hydrogen-bond acceptors (Lipinski definition) is 2. The minimum atomic E-state index is -2.19. The molecule has 0 saturated heterocycles. The van der Waals surface area contributed by atoms with Crippen molar-refractivity contribution < 1.29 is 5.11 Å². The minimum absolute atomic E-state index is 0.0922. The van der Waals surface area contributed by atoms with E-state index in [2.05, 4.69) is 117 Å². The summed E-state index contributed by atoms with van der Waals surface area (Å²) < 4.78 is 0. The van der Waals surface area contributed by atoms with Crippen molar-refractivity contribution in [3.8, 4) is 5.75 Å². The van der Waals surface area contributed by atoms with E-state index in [9.17, 15) is 5.11 Å². The van der Waals surface area contributed by atoms with Crippen LogP contribution in [0.3, 0.4) is 0 Å². The van der Waals surface area contributed by atoms with Gasteiger partial charge in [-0.3, -0.25) is 0 Å². The number of phenolic OH excluding ortho intramolecular Hbond substituents is 1. The number of allylic oxidation sites excluding steroid dienone is 3. The van der Waals surface area contributed by atoms with Gasteiger partial charge >= 0.3 is 0 Å². The van der Waals surface area contributed by atoms with Gasteiger partial charge in [0.2, 0.25) is 0 Å². The second-order valence-electron chi connectivity index (χ2n) is 13.4. The van der Waals surface area contributed by atoms with Gasteiger partial charge in [-0.2, -0.15) is 0 Å². The third-order valence-corrected chi connectivity index (χ3v) is 16.2. The molecule has 2 nitrogen and oxygen atoms in total. The lowest BCUT2D eigenvalue weighted by Gasteiger charge is -2.44. The van der Waals surface area contributed by atoms with Gasteiger partial charge in [0.1, 0.15) is 5.75 Å². The van der Waals surface area contributed by atoms with Gasteiger partial charge < -0.3 is 10.0 Å². The lowest BCUT2D eigenvalue weighted by molar-refractivity contribution is 0.448. The number of hydrogen-bond donors (Lipinski definition) is 1. The highest BCUT2D eigenvalue weighted by atomic mass is 28.3. The average Bonchev–Trinajstić information content (AvgIpc) is 3.30. The van der Waals surface area contributed by atoms with E-state index < -0.39 is 8.07 Å². The Bertz CT molecular complexity index is 1290. The number of fused-ring (bicyclic) bond motifs is 5. The molecule has 2 aromatic rings. The predicted molar refractivity (Wildman–Crippen MR) is 162 cm³/mol. The van der Waals surface area contributed by atoms with Gasteiger partial charge in [-0.15, -0.1) is 0 Å². The maximum atomic E-state index is 12.0. The van der Waals surface area contributed by atoms with Gasteiger partial charge in [0.05, 0.1) is 8.07 Å². The van der Waals surface area contributed by atoms with E-state index in [1.807, 2.05) is 0 Å². The van der Waals surface area contributed by atoms with Crippen molar-refractivity contribution >= 4 is 18.9 Å². The third kappa shape index (κ3) is 3.79. The van der Waals surface area contributed by atoms with Crippen LogP contribution >= 0.6 is 0 Å². The zero-order valence-electron chi connectivity index (χ0n) is 24.7. The number of anilines is 1. The molecule has 1 heterocycles. The molecule has 1 N–H and O–H groups in total. The van der Waals surface area contributed by atoms with Crippen LogP contribution in [-0.4, -0.2) is 26.3 Å². The molecule has 5 unspecified atom stereocenters. The van der Waals surface area contributed by atoms with Crippen molar-refractivity contribution in [3.63, 3.8) is 0 Å². The summed E-state index contributed by atoms with van der Waals surface area (Å²) in [7, 11) is 0.139. The highest BCUT2D eigenvalue weighted by molar-refractivity contribution is 6.94. The summed E-state index contributed by atoms with van der Waals surface area (Å²) in [6.45, 7) is 20.7. The molecule has 1 fully saturated rings. The standard InChI is InChI=1S/C34H47NOSi/c1-11-37(12-2,28-19-22(5)18-26(32(28)36)34(7,8)9)33-29-23(6)15-21(4)17-25(29)31-30(33)24-16-20(3)13-14-27(24)35(31)10/h13-19,25,29-31,33,36H,11-12H2,1-10H3. The maximum absolute atomic E-state index is 12.0. The molecule has 3 heteroatoms. The van der Waals surface area contributed by atoms with E-state index in [4.69, 9.17) is 0 Å². The molecule has 37 heavy (non-hydrogen) atoms. The van der Waals surface area contributed by atoms with E-state index in [0.717, 1.165) is 17.7 Å². The molecule has 5 rings (SSSR count). The summed E-state index contributed by atoms with van der Waals surface area (Å²) in [5.41, 5.74) is 10.1. The van der Waals surface area contributed by atoms with E-state index >= 15 is 0 Å². The van der Waals surface area contributed by atoms with Crippen LogP contribution < -0.4 is 10.1 Å². The number of aryl methyl sites for hydroxylation is 2. The third-order valence-electron chi connectivity index (χ3n) is 10.3. The highest BCUT2D eigenvalue weighted by Crippen LogP contribution is 2.66. The Balaban J connectivity index is 1.82. The summed E-state index contributed by atoms with van der Waals surface area (Å²) in [6, 6.07) is 14.5. The van der Waals surface area contributed by atoms with Crippen molar-refractivity contribution in [2.45, 2.75) is 97.3 Å². The largest absolute Gasteiger partial charge is 0.508 e. The molecule has 0 radical (unpaired) electrons. The summed E-state index contributed by atoms with van der Waals surface area (Å²) in [6.07, 6.45) is 5.04. The van der Waals surface area contributed by atoms with Crippen LogP contribution in [0.2, 0.25) is 17.6 Å². The maximum Gasteiger partial charge on any atom is 0.118 e. The van der Waals surface area contributed by atoms with Gasteiger partial charge in [0.25, 0.3) is 0 Å². The Hall–Kier alpha value is -2.26. The molecule has 198 valence electrons. The highest BCUT2D eigenvalue weighted by Gasteiger charge is 2.63. The van der Waals surface area contributed by atoms with Crippen LogP contribution in [0.1, 0.15) is 76.6 Å². The molecule has 2 aliphatic carbocycles. The van der Waals surface area contributed by atoms with E-state index in [1.54, 1.807) is 11.1 Å². The van der Waals surface area contributed by atoms with Crippen molar-refractivity contribution in [1.82, 2.24) is 0 Å². The Morgan fingerprint density at radius 2 is 1.59 bits per heavy atom. The van der Waals surface area contributed by atoms with Crippen molar-refractivity contribution in [1.29, 1.82) is 0 Å². The second-order valence-corrected chi connectivity index (χ2v) is 18.4. The number of benzene rings is 2. The zero-order valence-corrected chi connectivity index (χ0v) is 25.7. The van der Waals surface area contributed by atoms with Crippen LogP contribution in [0.15, 0.2) is 53.6 Å². The Labute approximate surface area is 226 Å². The van der Waals surface area contributed by atoms with Crippen molar-refractivity contribution in [2.24, 2.45) is 11.8 Å². The number of nitrogens with zero attached hydrogens (tertiary/aromatic N) is 1. The first-order chi connectivity index (χ1) is 17.4. The molecule has 2 aromatic carbocycles. The molecule has 3 aliphatic rings. The number of rotatable bonds is 4. The Morgan fingerprint density at radius 3 is 2.22 bits per heavy atom. The molecule has 0 bridgehead atoms. The van der Waals surface area contributed by atoms with E-state index in [1.165, 1.54) is 27.6 Å². The number of aromatic hydroxyl groups is 1.